The number of pyridine rings is 2. The first kappa shape index (κ1) is 9.78. The number of H-pyrrole nitrogens is 1. The summed E-state index contributed by atoms with van der Waals surface area (Å²) in [5.74, 6) is 0. The Bertz CT molecular complexity index is 717. The van der Waals surface area contributed by atoms with Crippen molar-refractivity contribution in [2.45, 2.75) is 0 Å². The number of hydrogen-bond acceptors (Lipinski definition) is 2. The van der Waals surface area contributed by atoms with Crippen molar-refractivity contribution in [1.82, 2.24) is 9.97 Å². The second-order valence-electron chi connectivity index (χ2n) is 3.84. The van der Waals surface area contributed by atoms with E-state index in [-0.39, 0.29) is 5.56 Å². The van der Waals surface area contributed by atoms with Gasteiger partial charge in [0.05, 0.1) is 5.69 Å². The molecule has 2 heterocycles. The fourth-order valence-electron chi connectivity index (χ4n) is 1.85. The van der Waals surface area contributed by atoms with Gasteiger partial charge < -0.3 is 4.98 Å². The van der Waals surface area contributed by atoms with Gasteiger partial charge in [-0.15, -0.1) is 0 Å². The molecule has 3 aromatic rings. The average molecular weight is 222 g/mol. The van der Waals surface area contributed by atoms with Crippen LogP contribution in [0.1, 0.15) is 0 Å². The molecule has 0 unspecified atom stereocenters. The molecule has 3 rings (SSSR count). The maximum atomic E-state index is 11.2. The summed E-state index contributed by atoms with van der Waals surface area (Å²) < 4.78 is 0. The van der Waals surface area contributed by atoms with Crippen molar-refractivity contribution in [2.75, 3.05) is 0 Å². The summed E-state index contributed by atoms with van der Waals surface area (Å²) in [4.78, 5) is 18.3. The van der Waals surface area contributed by atoms with Crippen LogP contribution in [-0.4, -0.2) is 9.97 Å². The van der Waals surface area contributed by atoms with Crippen LogP contribution < -0.4 is 5.56 Å². The van der Waals surface area contributed by atoms with E-state index < -0.39 is 0 Å². The molecule has 1 aromatic carbocycles. The Morgan fingerprint density at radius 2 is 1.94 bits per heavy atom. The number of benzene rings is 1. The second kappa shape index (κ2) is 3.87. The molecule has 0 aliphatic heterocycles. The number of rotatable bonds is 1. The Kier molecular flexibility index (Phi) is 2.22. The molecule has 1 N–H and O–H groups in total. The molecular weight excluding hydrogens is 212 g/mol. The van der Waals surface area contributed by atoms with Crippen molar-refractivity contribution < 1.29 is 0 Å². The van der Waals surface area contributed by atoms with Crippen molar-refractivity contribution in [3.05, 3.63) is 65.1 Å². The van der Waals surface area contributed by atoms with Gasteiger partial charge in [-0.2, -0.15) is 0 Å². The summed E-state index contributed by atoms with van der Waals surface area (Å²) in [6.45, 7) is 0. The summed E-state index contributed by atoms with van der Waals surface area (Å²) in [6, 6.07) is 15.0. The summed E-state index contributed by atoms with van der Waals surface area (Å²) >= 11 is 0. The van der Waals surface area contributed by atoms with Crippen LogP contribution in [0.3, 0.4) is 0 Å². The van der Waals surface area contributed by atoms with Crippen LogP contribution in [0.15, 0.2) is 59.5 Å². The highest BCUT2D eigenvalue weighted by molar-refractivity contribution is 5.83. The minimum absolute atomic E-state index is 0.0805. The smallest absolute Gasteiger partial charge is 0.248 e. The number of hydrogen-bond donors (Lipinski definition) is 1. The van der Waals surface area contributed by atoms with E-state index in [0.717, 1.165) is 22.2 Å². The zero-order valence-corrected chi connectivity index (χ0v) is 9.05. The Morgan fingerprint density at radius 1 is 1.00 bits per heavy atom. The maximum Gasteiger partial charge on any atom is 0.248 e. The molecule has 3 nitrogen and oxygen atoms in total. The van der Waals surface area contributed by atoms with E-state index in [1.807, 2.05) is 42.5 Å². The van der Waals surface area contributed by atoms with Crippen molar-refractivity contribution in [3.8, 4) is 11.3 Å². The van der Waals surface area contributed by atoms with Crippen LogP contribution in [0, 0.1) is 0 Å². The monoisotopic (exact) mass is 222 g/mol. The molecule has 17 heavy (non-hydrogen) atoms. The van der Waals surface area contributed by atoms with Crippen LogP contribution in [0.2, 0.25) is 0 Å². The quantitative estimate of drug-likeness (QED) is 0.687. The van der Waals surface area contributed by atoms with Gasteiger partial charge in [-0.1, -0.05) is 12.1 Å². The van der Waals surface area contributed by atoms with Gasteiger partial charge in [0.25, 0.3) is 0 Å². The van der Waals surface area contributed by atoms with E-state index in [1.54, 1.807) is 6.20 Å². The Balaban J connectivity index is 2.21. The lowest BCUT2D eigenvalue weighted by molar-refractivity contribution is 1.30. The Hall–Kier alpha value is -2.42. The van der Waals surface area contributed by atoms with Gasteiger partial charge in [-0.05, 0) is 35.7 Å². The average Bonchev–Trinajstić information content (AvgIpc) is 2.39. The standard InChI is InChI=1S/C14H10N2O/c17-14-7-5-11-9-10(4-6-13(11)16-14)12-3-1-2-8-15-12/h1-9H,(H,16,17). The third-order valence-corrected chi connectivity index (χ3v) is 2.68. The third kappa shape index (κ3) is 1.83. The van der Waals surface area contributed by atoms with Gasteiger partial charge in [0.1, 0.15) is 0 Å². The van der Waals surface area contributed by atoms with E-state index >= 15 is 0 Å². The van der Waals surface area contributed by atoms with Gasteiger partial charge in [-0.3, -0.25) is 9.78 Å². The number of aromatic nitrogens is 2. The highest BCUT2D eigenvalue weighted by atomic mass is 16.1. The van der Waals surface area contributed by atoms with E-state index in [1.165, 1.54) is 6.07 Å². The predicted octanol–water partition coefficient (Wildman–Crippen LogP) is 2.59. The summed E-state index contributed by atoms with van der Waals surface area (Å²) in [5.41, 5.74) is 2.74. The zero-order chi connectivity index (χ0) is 11.7. The maximum absolute atomic E-state index is 11.2. The first-order valence-corrected chi connectivity index (χ1v) is 5.37. The molecule has 0 saturated carbocycles. The minimum Gasteiger partial charge on any atom is -0.322 e. The molecule has 0 aliphatic rings. The summed E-state index contributed by atoms with van der Waals surface area (Å²) in [6.07, 6.45) is 1.77. The largest absolute Gasteiger partial charge is 0.322 e. The van der Waals surface area contributed by atoms with Crippen LogP contribution in [0.5, 0.6) is 0 Å². The molecule has 0 bridgehead atoms. The molecule has 0 spiro atoms. The molecule has 3 heteroatoms. The minimum atomic E-state index is -0.0805. The molecule has 0 saturated heterocycles. The van der Waals surface area contributed by atoms with Crippen molar-refractivity contribution in [3.63, 3.8) is 0 Å². The number of aromatic amines is 1. The fraction of sp³-hybridized carbons (Fsp3) is 0. The molecule has 2 aromatic heterocycles. The van der Waals surface area contributed by atoms with Gasteiger partial charge in [0.15, 0.2) is 0 Å². The molecule has 82 valence electrons. The van der Waals surface area contributed by atoms with Crippen LogP contribution in [0.4, 0.5) is 0 Å². The van der Waals surface area contributed by atoms with Crippen molar-refractivity contribution >= 4 is 10.9 Å². The summed E-state index contributed by atoms with van der Waals surface area (Å²) in [5, 5.41) is 1.01. The topological polar surface area (TPSA) is 45.8 Å². The van der Waals surface area contributed by atoms with E-state index in [4.69, 9.17) is 0 Å². The lowest BCUT2D eigenvalue weighted by Gasteiger charge is -2.02. The predicted molar refractivity (Wildman–Crippen MR) is 67.8 cm³/mol. The Morgan fingerprint density at radius 3 is 2.76 bits per heavy atom. The molecule has 0 fully saturated rings. The van der Waals surface area contributed by atoms with Crippen LogP contribution >= 0.6 is 0 Å². The first-order chi connectivity index (χ1) is 8.33. The number of fused-ring (bicyclic) bond motifs is 1. The van der Waals surface area contributed by atoms with E-state index in [9.17, 15) is 4.79 Å². The number of nitrogens with zero attached hydrogens (tertiary/aromatic N) is 1. The molecular formula is C14H10N2O. The highest BCUT2D eigenvalue weighted by Gasteiger charge is 2.00. The van der Waals surface area contributed by atoms with Crippen LogP contribution in [-0.2, 0) is 0 Å². The second-order valence-corrected chi connectivity index (χ2v) is 3.84. The van der Waals surface area contributed by atoms with Crippen molar-refractivity contribution in [1.29, 1.82) is 0 Å². The molecule has 0 radical (unpaired) electrons. The van der Waals surface area contributed by atoms with Gasteiger partial charge in [-0.25, -0.2) is 0 Å². The number of nitrogens with one attached hydrogen (secondary N) is 1. The van der Waals surface area contributed by atoms with Crippen LogP contribution in [0.25, 0.3) is 22.2 Å². The van der Waals surface area contributed by atoms with Gasteiger partial charge >= 0.3 is 0 Å². The fourth-order valence-corrected chi connectivity index (χ4v) is 1.85. The zero-order valence-electron chi connectivity index (χ0n) is 9.05. The lowest BCUT2D eigenvalue weighted by atomic mass is 10.1. The van der Waals surface area contributed by atoms with Gasteiger partial charge in [0, 0.05) is 23.3 Å². The summed E-state index contributed by atoms with van der Waals surface area (Å²) in [7, 11) is 0. The SMILES string of the molecule is O=c1ccc2cc(-c3ccccn3)ccc2[nH]1. The third-order valence-electron chi connectivity index (χ3n) is 2.68. The van der Waals surface area contributed by atoms with Gasteiger partial charge in [0.2, 0.25) is 5.56 Å². The first-order valence-electron chi connectivity index (χ1n) is 5.37. The van der Waals surface area contributed by atoms with Crippen molar-refractivity contribution in [2.24, 2.45) is 0 Å². The molecule has 0 atom stereocenters. The molecule has 0 aliphatic carbocycles. The normalized spacial score (nSPS) is 10.6. The molecule has 0 amide bonds. The van der Waals surface area contributed by atoms with E-state index in [0.29, 0.717) is 0 Å². The Labute approximate surface area is 97.8 Å². The van der Waals surface area contributed by atoms with E-state index in [2.05, 4.69) is 9.97 Å². The lowest BCUT2D eigenvalue weighted by Crippen LogP contribution is -2.02. The highest BCUT2D eigenvalue weighted by Crippen LogP contribution is 2.20.